The van der Waals surface area contributed by atoms with Crippen molar-refractivity contribution >= 4 is 19.8 Å². The third-order valence-electron chi connectivity index (χ3n) is 14.6. The summed E-state index contributed by atoms with van der Waals surface area (Å²) in [6.45, 7) is 3.57. The molecule has 2 unspecified atom stereocenters. The highest BCUT2D eigenvalue weighted by Crippen LogP contribution is 2.43. The van der Waals surface area contributed by atoms with E-state index in [1.165, 1.54) is 199 Å². The van der Waals surface area contributed by atoms with E-state index >= 15 is 0 Å². The molecule has 0 radical (unpaired) electrons. The Morgan fingerprint density at radius 1 is 0.373 bits per heavy atom. The highest BCUT2D eigenvalue weighted by Gasteiger charge is 2.26. The first-order valence-electron chi connectivity index (χ1n) is 34.4. The molecule has 9 nitrogen and oxygen atoms in total. The molecule has 0 saturated heterocycles. The second-order valence-corrected chi connectivity index (χ2v) is 24.1. The maximum atomic E-state index is 12.7. The molecular weight excluding hydrogens is 1050 g/mol. The third kappa shape index (κ3) is 67.7. The smallest absolute Gasteiger partial charge is 0.462 e. The van der Waals surface area contributed by atoms with Gasteiger partial charge < -0.3 is 20.1 Å². The quantitative estimate of drug-likeness (QED) is 0.0264. The SMILES string of the molecule is CC/C=C\C/C=C\C/C=C\C/C=C\C/C=C\C/C=C\C/C=C\CCCC(=O)OC(COC(=O)CCCCCCCCCCCCCCCCCCCCCCCCCCCCC/C=C\C/C=C\CCCCCCC)COP(=O)(O)OCCN. The summed E-state index contributed by atoms with van der Waals surface area (Å²) in [5, 5.41) is 0. The minimum Gasteiger partial charge on any atom is -0.462 e. The molecule has 0 aromatic carbocycles. The molecule has 0 rings (SSSR count). The van der Waals surface area contributed by atoms with Gasteiger partial charge in [-0.3, -0.25) is 18.6 Å². The number of hydrogen-bond donors (Lipinski definition) is 2. The van der Waals surface area contributed by atoms with E-state index in [2.05, 4.69) is 117 Å². The van der Waals surface area contributed by atoms with E-state index in [9.17, 15) is 19.0 Å². The van der Waals surface area contributed by atoms with Crippen LogP contribution < -0.4 is 5.73 Å². The Morgan fingerprint density at radius 2 is 0.675 bits per heavy atom. The number of esters is 2. The predicted octanol–water partition coefficient (Wildman–Crippen LogP) is 22.5. The number of phosphoric ester groups is 1. The Bertz CT molecular complexity index is 1730. The standard InChI is InChI=1S/C73H128NO8P/c1-3-5-7-9-11-13-15-17-19-21-23-25-27-28-29-30-31-32-33-34-35-36-37-38-39-40-41-42-44-45-47-49-51-53-55-57-59-61-63-65-72(75)79-69-71(70-81-83(77,78)80-68-67-74)82-73(76)66-64-62-60-58-56-54-52-50-48-46-43-26-24-22-20-18-16-14-12-10-8-6-4-2/h6,8,12,14-15,17-18,20-21,23-24,26,46,48,52,54,58,60,71H,3-5,7,9-11,13,16,19,22,25,27-45,47,49-51,53,55-57,59,61-70,74H2,1-2H3,(H,77,78)/b8-6-,14-12-,17-15-,20-18-,23-21-,26-24-,48-46-,54-52-,60-58-. The van der Waals surface area contributed by atoms with Crippen LogP contribution in [0.5, 0.6) is 0 Å². The molecule has 0 heterocycles. The monoisotopic (exact) mass is 1180 g/mol. The number of carbonyl (C=O) groups is 2. The van der Waals surface area contributed by atoms with Crippen LogP contribution >= 0.6 is 7.82 Å². The maximum Gasteiger partial charge on any atom is 0.472 e. The first-order chi connectivity index (χ1) is 40.8. The van der Waals surface area contributed by atoms with E-state index in [0.717, 1.165) is 70.6 Å². The molecule has 0 aliphatic heterocycles. The van der Waals surface area contributed by atoms with Gasteiger partial charge in [0.25, 0.3) is 0 Å². The van der Waals surface area contributed by atoms with Crippen molar-refractivity contribution in [3.63, 3.8) is 0 Å². The highest BCUT2D eigenvalue weighted by molar-refractivity contribution is 7.47. The minimum absolute atomic E-state index is 0.0401. The van der Waals surface area contributed by atoms with E-state index in [0.29, 0.717) is 12.8 Å². The summed E-state index contributed by atoms with van der Waals surface area (Å²) in [4.78, 5) is 35.3. The zero-order valence-electron chi connectivity index (χ0n) is 53.7. The lowest BCUT2D eigenvalue weighted by atomic mass is 10.0. The largest absolute Gasteiger partial charge is 0.472 e. The summed E-state index contributed by atoms with van der Waals surface area (Å²) in [6, 6.07) is 0. The van der Waals surface area contributed by atoms with E-state index in [4.69, 9.17) is 24.3 Å². The second kappa shape index (κ2) is 67.8. The van der Waals surface area contributed by atoms with Crippen molar-refractivity contribution in [1.29, 1.82) is 0 Å². The van der Waals surface area contributed by atoms with Crippen molar-refractivity contribution in [2.45, 2.75) is 315 Å². The molecule has 478 valence electrons. The Hall–Kier alpha value is -3.33. The first kappa shape index (κ1) is 79.7. The van der Waals surface area contributed by atoms with Crippen molar-refractivity contribution in [2.24, 2.45) is 5.73 Å². The molecule has 0 aliphatic carbocycles. The zero-order chi connectivity index (χ0) is 60.1. The van der Waals surface area contributed by atoms with E-state index in [1.807, 2.05) is 6.08 Å². The fourth-order valence-corrected chi connectivity index (χ4v) is 10.4. The van der Waals surface area contributed by atoms with Crippen LogP contribution in [0.4, 0.5) is 0 Å². The lowest BCUT2D eigenvalue weighted by molar-refractivity contribution is -0.161. The Balaban J connectivity index is 3.86. The molecule has 0 saturated carbocycles. The summed E-state index contributed by atoms with van der Waals surface area (Å²) in [5.41, 5.74) is 5.39. The van der Waals surface area contributed by atoms with Gasteiger partial charge in [0.15, 0.2) is 6.10 Å². The fourth-order valence-electron chi connectivity index (χ4n) is 9.60. The van der Waals surface area contributed by atoms with Crippen LogP contribution in [0.25, 0.3) is 0 Å². The third-order valence-corrected chi connectivity index (χ3v) is 15.6. The Kier molecular flexibility index (Phi) is 65.1. The van der Waals surface area contributed by atoms with Crippen LogP contribution in [0.15, 0.2) is 109 Å². The molecule has 10 heteroatoms. The first-order valence-corrected chi connectivity index (χ1v) is 35.9. The number of allylic oxidation sites excluding steroid dienone is 18. The molecule has 0 aromatic rings. The average molecular weight is 1180 g/mol. The number of phosphoric acid groups is 1. The average Bonchev–Trinajstić information content (AvgIpc) is 3.48. The number of unbranched alkanes of at least 4 members (excludes halogenated alkanes) is 33. The van der Waals surface area contributed by atoms with Gasteiger partial charge in [0, 0.05) is 19.4 Å². The molecular formula is C73H128NO8P. The number of ether oxygens (including phenoxy) is 2. The van der Waals surface area contributed by atoms with E-state index in [1.54, 1.807) is 0 Å². The zero-order valence-corrected chi connectivity index (χ0v) is 54.5. The number of rotatable bonds is 64. The fraction of sp³-hybridized carbons (Fsp3) is 0.726. The van der Waals surface area contributed by atoms with Crippen LogP contribution in [-0.4, -0.2) is 49.3 Å². The van der Waals surface area contributed by atoms with Gasteiger partial charge in [-0.25, -0.2) is 4.57 Å². The van der Waals surface area contributed by atoms with Gasteiger partial charge in [-0.15, -0.1) is 0 Å². The van der Waals surface area contributed by atoms with Crippen molar-refractivity contribution in [3.05, 3.63) is 109 Å². The van der Waals surface area contributed by atoms with E-state index < -0.39 is 32.5 Å². The van der Waals surface area contributed by atoms with Crippen LogP contribution in [0.3, 0.4) is 0 Å². The molecule has 0 aliphatic rings. The van der Waals surface area contributed by atoms with Crippen LogP contribution in [0.1, 0.15) is 309 Å². The summed E-state index contributed by atoms with van der Waals surface area (Å²) in [6.07, 6.45) is 93.5. The summed E-state index contributed by atoms with van der Waals surface area (Å²) in [7, 11) is -4.41. The molecule has 0 fully saturated rings. The van der Waals surface area contributed by atoms with Gasteiger partial charge in [0.05, 0.1) is 13.2 Å². The molecule has 2 atom stereocenters. The molecule has 0 bridgehead atoms. The maximum absolute atomic E-state index is 12.7. The lowest BCUT2D eigenvalue weighted by Crippen LogP contribution is -2.29. The molecule has 3 N–H and O–H groups in total. The van der Waals surface area contributed by atoms with Gasteiger partial charge in [0.2, 0.25) is 0 Å². The van der Waals surface area contributed by atoms with Gasteiger partial charge in [-0.2, -0.15) is 0 Å². The number of nitrogens with two attached hydrogens (primary N) is 1. The van der Waals surface area contributed by atoms with Crippen molar-refractivity contribution in [2.75, 3.05) is 26.4 Å². The Labute approximate surface area is 511 Å². The summed E-state index contributed by atoms with van der Waals surface area (Å²) >= 11 is 0. The lowest BCUT2D eigenvalue weighted by Gasteiger charge is -2.19. The van der Waals surface area contributed by atoms with Gasteiger partial charge in [-0.05, 0) is 96.3 Å². The predicted molar refractivity (Wildman–Crippen MR) is 358 cm³/mol. The van der Waals surface area contributed by atoms with Crippen molar-refractivity contribution in [3.8, 4) is 0 Å². The topological polar surface area (TPSA) is 134 Å². The molecule has 83 heavy (non-hydrogen) atoms. The van der Waals surface area contributed by atoms with Crippen LogP contribution in [-0.2, 0) is 32.7 Å². The van der Waals surface area contributed by atoms with Crippen LogP contribution in [0, 0.1) is 0 Å². The van der Waals surface area contributed by atoms with Crippen molar-refractivity contribution < 1.29 is 37.6 Å². The summed E-state index contributed by atoms with van der Waals surface area (Å²) < 4.78 is 33.0. The van der Waals surface area contributed by atoms with Gasteiger partial charge in [-0.1, -0.05) is 309 Å². The Morgan fingerprint density at radius 3 is 1.02 bits per heavy atom. The van der Waals surface area contributed by atoms with Gasteiger partial charge in [0.1, 0.15) is 6.61 Å². The van der Waals surface area contributed by atoms with Crippen LogP contribution in [0.2, 0.25) is 0 Å². The number of carbonyl (C=O) groups excluding carboxylic acids is 2. The van der Waals surface area contributed by atoms with Gasteiger partial charge >= 0.3 is 19.8 Å². The highest BCUT2D eigenvalue weighted by atomic mass is 31.2. The molecule has 0 spiro atoms. The minimum atomic E-state index is -4.41. The van der Waals surface area contributed by atoms with Crippen molar-refractivity contribution in [1.82, 2.24) is 0 Å². The number of hydrogen-bond acceptors (Lipinski definition) is 8. The molecule has 0 aromatic heterocycles. The summed E-state index contributed by atoms with van der Waals surface area (Å²) in [5.74, 6) is -0.893. The normalized spacial score (nSPS) is 13.6. The second-order valence-electron chi connectivity index (χ2n) is 22.7. The van der Waals surface area contributed by atoms with E-state index in [-0.39, 0.29) is 32.6 Å². The molecule has 0 amide bonds.